The number of nitrogens with two attached hydrogens (primary N) is 1. The summed E-state index contributed by atoms with van der Waals surface area (Å²) in [5, 5.41) is 2.82. The first-order valence-electron chi connectivity index (χ1n) is 6.05. The third kappa shape index (κ3) is 2.51. The van der Waals surface area contributed by atoms with E-state index in [4.69, 9.17) is 5.73 Å². The number of carbonyl (C=O) groups excluding carboxylic acids is 1. The number of nitrogens with one attached hydrogen (secondary N) is 1. The van der Waals surface area contributed by atoms with Gasteiger partial charge in [-0.2, -0.15) is 0 Å². The maximum atomic E-state index is 13.4. The van der Waals surface area contributed by atoms with Gasteiger partial charge in [0.05, 0.1) is 14.7 Å². The molecule has 0 atom stereocenters. The van der Waals surface area contributed by atoms with Crippen LogP contribution in [0.1, 0.15) is 25.7 Å². The summed E-state index contributed by atoms with van der Waals surface area (Å²) < 4.78 is 13.8. The molecule has 0 unspecified atom stereocenters. The number of carbonyl (C=O) groups is 1. The Bertz CT molecular complexity index is 458. The summed E-state index contributed by atoms with van der Waals surface area (Å²) >= 11 is 1.90. The third-order valence-electron chi connectivity index (χ3n) is 3.63. The number of halogens is 2. The summed E-state index contributed by atoms with van der Waals surface area (Å²) in [4.78, 5) is 12.3. The van der Waals surface area contributed by atoms with Crippen molar-refractivity contribution in [1.29, 1.82) is 0 Å². The van der Waals surface area contributed by atoms with Gasteiger partial charge in [-0.15, -0.1) is 0 Å². The van der Waals surface area contributed by atoms with Gasteiger partial charge in [0.2, 0.25) is 5.91 Å². The summed E-state index contributed by atoms with van der Waals surface area (Å²) in [6.45, 7) is 0.352. The summed E-state index contributed by atoms with van der Waals surface area (Å²) in [6.07, 6.45) is 3.71. The highest BCUT2D eigenvalue weighted by atomic mass is 127. The zero-order chi connectivity index (χ0) is 13.2. The highest BCUT2D eigenvalue weighted by Gasteiger charge is 2.39. The molecular weight excluding hydrogens is 346 g/mol. The van der Waals surface area contributed by atoms with E-state index in [0.717, 1.165) is 25.7 Å². The van der Waals surface area contributed by atoms with E-state index in [1.807, 2.05) is 22.6 Å². The molecule has 0 aliphatic heterocycles. The second kappa shape index (κ2) is 5.52. The smallest absolute Gasteiger partial charge is 0.231 e. The van der Waals surface area contributed by atoms with E-state index in [9.17, 15) is 9.18 Å². The quantitative estimate of drug-likeness (QED) is 0.813. The van der Waals surface area contributed by atoms with E-state index in [-0.39, 0.29) is 11.7 Å². The van der Waals surface area contributed by atoms with Crippen LogP contribution in [0.5, 0.6) is 0 Å². The number of hydrogen-bond acceptors (Lipinski definition) is 2. The van der Waals surface area contributed by atoms with Crippen molar-refractivity contribution in [2.75, 3.05) is 11.9 Å². The Morgan fingerprint density at radius 1 is 1.44 bits per heavy atom. The summed E-state index contributed by atoms with van der Waals surface area (Å²) in [7, 11) is 0. The zero-order valence-electron chi connectivity index (χ0n) is 10.0. The first-order chi connectivity index (χ1) is 8.59. The lowest BCUT2D eigenvalue weighted by Crippen LogP contribution is -2.40. The number of benzene rings is 1. The molecule has 1 aromatic carbocycles. The molecule has 1 aromatic rings. The predicted molar refractivity (Wildman–Crippen MR) is 77.7 cm³/mol. The van der Waals surface area contributed by atoms with Gasteiger partial charge >= 0.3 is 0 Å². The second-order valence-corrected chi connectivity index (χ2v) is 5.83. The summed E-state index contributed by atoms with van der Waals surface area (Å²) in [5.74, 6) is -0.396. The average Bonchev–Trinajstić information content (AvgIpc) is 2.85. The van der Waals surface area contributed by atoms with Crippen molar-refractivity contribution in [3.63, 3.8) is 0 Å². The molecular formula is C13H16FIN2O. The Balaban J connectivity index is 2.18. The minimum atomic E-state index is -0.463. The Labute approximate surface area is 119 Å². The fourth-order valence-corrected chi connectivity index (χ4v) is 2.93. The molecule has 0 spiro atoms. The van der Waals surface area contributed by atoms with E-state index in [2.05, 4.69) is 5.32 Å². The average molecular weight is 362 g/mol. The molecule has 0 saturated heterocycles. The number of amides is 1. The van der Waals surface area contributed by atoms with Gasteiger partial charge in [0.1, 0.15) is 5.82 Å². The lowest BCUT2D eigenvalue weighted by molar-refractivity contribution is -0.124. The van der Waals surface area contributed by atoms with Crippen LogP contribution in [0.25, 0.3) is 0 Å². The molecule has 3 N–H and O–H groups in total. The van der Waals surface area contributed by atoms with Crippen molar-refractivity contribution >= 4 is 34.2 Å². The van der Waals surface area contributed by atoms with Gasteiger partial charge in [0, 0.05) is 6.54 Å². The SMILES string of the molecule is NCC1(C(=O)Nc2cccc(F)c2I)CCCC1. The van der Waals surface area contributed by atoms with E-state index in [0.29, 0.717) is 15.8 Å². The van der Waals surface area contributed by atoms with Gasteiger partial charge in [0.15, 0.2) is 0 Å². The topological polar surface area (TPSA) is 55.1 Å². The highest BCUT2D eigenvalue weighted by molar-refractivity contribution is 14.1. The normalized spacial score (nSPS) is 17.7. The minimum absolute atomic E-state index is 0.0778. The van der Waals surface area contributed by atoms with E-state index in [1.165, 1.54) is 6.07 Å². The molecule has 1 fully saturated rings. The largest absolute Gasteiger partial charge is 0.329 e. The van der Waals surface area contributed by atoms with Crippen LogP contribution in [-0.4, -0.2) is 12.5 Å². The number of hydrogen-bond donors (Lipinski definition) is 2. The van der Waals surface area contributed by atoms with Gasteiger partial charge in [-0.25, -0.2) is 4.39 Å². The van der Waals surface area contributed by atoms with Crippen LogP contribution in [0.3, 0.4) is 0 Å². The van der Waals surface area contributed by atoms with Crippen LogP contribution in [0.15, 0.2) is 18.2 Å². The van der Waals surface area contributed by atoms with E-state index in [1.54, 1.807) is 12.1 Å². The zero-order valence-corrected chi connectivity index (χ0v) is 12.2. The van der Waals surface area contributed by atoms with Crippen molar-refractivity contribution in [2.45, 2.75) is 25.7 Å². The Kier molecular flexibility index (Phi) is 4.21. The van der Waals surface area contributed by atoms with Crippen LogP contribution >= 0.6 is 22.6 Å². The second-order valence-electron chi connectivity index (χ2n) is 4.75. The lowest BCUT2D eigenvalue weighted by Gasteiger charge is -2.26. The molecule has 18 heavy (non-hydrogen) atoms. The Morgan fingerprint density at radius 3 is 2.72 bits per heavy atom. The monoisotopic (exact) mass is 362 g/mol. The predicted octanol–water partition coefficient (Wildman–Crippen LogP) is 2.89. The van der Waals surface area contributed by atoms with Crippen LogP contribution in [0.2, 0.25) is 0 Å². The minimum Gasteiger partial charge on any atom is -0.329 e. The lowest BCUT2D eigenvalue weighted by atomic mass is 9.85. The third-order valence-corrected chi connectivity index (χ3v) is 4.73. The Hall–Kier alpha value is -0.690. The van der Waals surface area contributed by atoms with Crippen molar-refractivity contribution < 1.29 is 9.18 Å². The molecule has 1 amide bonds. The summed E-state index contributed by atoms with van der Waals surface area (Å²) in [6, 6.07) is 4.69. The maximum Gasteiger partial charge on any atom is 0.231 e. The number of anilines is 1. The highest BCUT2D eigenvalue weighted by Crippen LogP contribution is 2.38. The fourth-order valence-electron chi connectivity index (χ4n) is 2.43. The Morgan fingerprint density at radius 2 is 2.11 bits per heavy atom. The summed E-state index contributed by atoms with van der Waals surface area (Å²) in [5.41, 5.74) is 5.82. The van der Waals surface area contributed by atoms with Crippen LogP contribution in [-0.2, 0) is 4.79 Å². The van der Waals surface area contributed by atoms with Crippen molar-refractivity contribution in [1.82, 2.24) is 0 Å². The molecule has 1 aliphatic carbocycles. The van der Waals surface area contributed by atoms with Gasteiger partial charge in [-0.3, -0.25) is 4.79 Å². The molecule has 3 nitrogen and oxygen atoms in total. The van der Waals surface area contributed by atoms with Gasteiger partial charge in [0.25, 0.3) is 0 Å². The molecule has 2 rings (SSSR count). The van der Waals surface area contributed by atoms with Crippen molar-refractivity contribution in [3.8, 4) is 0 Å². The van der Waals surface area contributed by atoms with Crippen molar-refractivity contribution in [3.05, 3.63) is 27.6 Å². The van der Waals surface area contributed by atoms with Crippen LogP contribution in [0.4, 0.5) is 10.1 Å². The molecule has 98 valence electrons. The standard InChI is InChI=1S/C13H16FIN2O/c14-9-4-3-5-10(11(9)15)17-12(18)13(8-16)6-1-2-7-13/h3-5H,1-2,6-8,16H2,(H,17,18). The van der Waals surface area contributed by atoms with E-state index < -0.39 is 5.41 Å². The van der Waals surface area contributed by atoms with Crippen LogP contribution < -0.4 is 11.1 Å². The van der Waals surface area contributed by atoms with E-state index >= 15 is 0 Å². The van der Waals surface area contributed by atoms with Gasteiger partial charge in [-0.1, -0.05) is 18.9 Å². The molecule has 1 saturated carbocycles. The van der Waals surface area contributed by atoms with Gasteiger partial charge in [-0.05, 0) is 47.6 Å². The molecule has 5 heteroatoms. The molecule has 0 aromatic heterocycles. The number of rotatable bonds is 3. The first kappa shape index (κ1) is 13.7. The van der Waals surface area contributed by atoms with Crippen LogP contribution in [0, 0.1) is 14.8 Å². The maximum absolute atomic E-state index is 13.4. The molecule has 0 bridgehead atoms. The van der Waals surface area contributed by atoms with Gasteiger partial charge < -0.3 is 11.1 Å². The molecule has 1 aliphatic rings. The molecule has 0 radical (unpaired) electrons. The first-order valence-corrected chi connectivity index (χ1v) is 7.12. The fraction of sp³-hybridized carbons (Fsp3) is 0.462. The van der Waals surface area contributed by atoms with Crippen molar-refractivity contribution in [2.24, 2.45) is 11.1 Å². The molecule has 0 heterocycles.